The molecule has 78 valence electrons. The normalized spacial score (nSPS) is 26.9. The van der Waals surface area contributed by atoms with Crippen LogP contribution >= 0.6 is 11.3 Å². The predicted octanol–water partition coefficient (Wildman–Crippen LogP) is 1.09. The van der Waals surface area contributed by atoms with Crippen molar-refractivity contribution in [1.29, 1.82) is 0 Å². The van der Waals surface area contributed by atoms with Gasteiger partial charge in [-0.2, -0.15) is 0 Å². The van der Waals surface area contributed by atoms with Gasteiger partial charge >= 0.3 is 0 Å². The molecule has 2 atom stereocenters. The molecule has 0 amide bonds. The zero-order valence-electron chi connectivity index (χ0n) is 8.49. The molecule has 0 bridgehead atoms. The first-order valence-corrected chi connectivity index (χ1v) is 6.09. The van der Waals surface area contributed by atoms with E-state index in [4.69, 9.17) is 0 Å². The Kier molecular flexibility index (Phi) is 3.50. The van der Waals surface area contributed by atoms with Crippen LogP contribution < -0.4 is 10.6 Å². The summed E-state index contributed by atoms with van der Waals surface area (Å²) in [7, 11) is 0. The summed E-state index contributed by atoms with van der Waals surface area (Å²) in [6.45, 7) is 6.65. The molecular formula is C10H17N3S. The molecule has 2 rings (SSSR count). The lowest BCUT2D eigenvalue weighted by atomic mass is 9.98. The third-order valence-corrected chi connectivity index (χ3v) is 3.51. The SMILES string of the molecule is CC1CNCC1CNCc1cscn1. The molecule has 0 saturated carbocycles. The highest BCUT2D eigenvalue weighted by Crippen LogP contribution is 2.14. The van der Waals surface area contributed by atoms with Crippen molar-refractivity contribution in [3.05, 3.63) is 16.6 Å². The molecule has 4 heteroatoms. The van der Waals surface area contributed by atoms with Crippen LogP contribution in [0.25, 0.3) is 0 Å². The molecule has 1 aromatic heterocycles. The maximum Gasteiger partial charge on any atom is 0.0795 e. The molecule has 0 aliphatic carbocycles. The molecule has 1 aliphatic rings. The Balaban J connectivity index is 1.68. The predicted molar refractivity (Wildman–Crippen MR) is 59.3 cm³/mol. The van der Waals surface area contributed by atoms with Gasteiger partial charge in [-0.05, 0) is 31.5 Å². The van der Waals surface area contributed by atoms with Crippen LogP contribution in [0.2, 0.25) is 0 Å². The number of thiazole rings is 1. The smallest absolute Gasteiger partial charge is 0.0795 e. The highest BCUT2D eigenvalue weighted by Gasteiger charge is 2.21. The van der Waals surface area contributed by atoms with Gasteiger partial charge in [0.2, 0.25) is 0 Å². The summed E-state index contributed by atoms with van der Waals surface area (Å²) in [5.41, 5.74) is 3.05. The van der Waals surface area contributed by atoms with Crippen molar-refractivity contribution in [2.75, 3.05) is 19.6 Å². The van der Waals surface area contributed by atoms with Crippen molar-refractivity contribution < 1.29 is 0 Å². The zero-order chi connectivity index (χ0) is 9.80. The van der Waals surface area contributed by atoms with E-state index < -0.39 is 0 Å². The molecular weight excluding hydrogens is 194 g/mol. The van der Waals surface area contributed by atoms with Gasteiger partial charge in [0, 0.05) is 11.9 Å². The van der Waals surface area contributed by atoms with Gasteiger partial charge < -0.3 is 10.6 Å². The van der Waals surface area contributed by atoms with Crippen LogP contribution in [-0.4, -0.2) is 24.6 Å². The second-order valence-electron chi connectivity index (χ2n) is 4.01. The van der Waals surface area contributed by atoms with Crippen LogP contribution in [0.5, 0.6) is 0 Å². The minimum atomic E-state index is 0.786. The highest BCUT2D eigenvalue weighted by atomic mass is 32.1. The Bertz CT molecular complexity index is 260. The molecule has 1 aliphatic heterocycles. The lowest BCUT2D eigenvalue weighted by molar-refractivity contribution is 0.419. The van der Waals surface area contributed by atoms with Crippen LogP contribution in [0.3, 0.4) is 0 Å². The Hall–Kier alpha value is -0.450. The fraction of sp³-hybridized carbons (Fsp3) is 0.700. The van der Waals surface area contributed by atoms with E-state index in [1.807, 2.05) is 5.51 Å². The fourth-order valence-corrected chi connectivity index (χ4v) is 2.41. The number of rotatable bonds is 4. The molecule has 14 heavy (non-hydrogen) atoms. The van der Waals surface area contributed by atoms with Gasteiger partial charge in [-0.25, -0.2) is 4.98 Å². The molecule has 1 fully saturated rings. The summed E-state index contributed by atoms with van der Waals surface area (Å²) < 4.78 is 0. The van der Waals surface area contributed by atoms with Crippen molar-refractivity contribution in [3.63, 3.8) is 0 Å². The number of nitrogens with one attached hydrogen (secondary N) is 2. The Morgan fingerprint density at radius 3 is 3.21 bits per heavy atom. The maximum atomic E-state index is 4.24. The van der Waals surface area contributed by atoms with E-state index in [0.717, 1.165) is 37.2 Å². The summed E-state index contributed by atoms with van der Waals surface area (Å²) in [5, 5.41) is 8.98. The summed E-state index contributed by atoms with van der Waals surface area (Å²) in [4.78, 5) is 4.24. The van der Waals surface area contributed by atoms with Crippen LogP contribution in [0, 0.1) is 11.8 Å². The molecule has 2 heterocycles. The number of aromatic nitrogens is 1. The van der Waals surface area contributed by atoms with Gasteiger partial charge in [-0.1, -0.05) is 6.92 Å². The third kappa shape index (κ3) is 2.53. The Morgan fingerprint density at radius 1 is 1.64 bits per heavy atom. The number of hydrogen-bond donors (Lipinski definition) is 2. The van der Waals surface area contributed by atoms with Crippen molar-refractivity contribution in [1.82, 2.24) is 15.6 Å². The molecule has 2 N–H and O–H groups in total. The number of nitrogens with zero attached hydrogens (tertiary/aromatic N) is 1. The van der Waals surface area contributed by atoms with Gasteiger partial charge in [-0.3, -0.25) is 0 Å². The molecule has 3 nitrogen and oxygen atoms in total. The van der Waals surface area contributed by atoms with E-state index in [1.54, 1.807) is 11.3 Å². The van der Waals surface area contributed by atoms with E-state index in [2.05, 4.69) is 27.9 Å². The van der Waals surface area contributed by atoms with Gasteiger partial charge in [0.1, 0.15) is 0 Å². The van der Waals surface area contributed by atoms with Crippen molar-refractivity contribution in [3.8, 4) is 0 Å². The van der Waals surface area contributed by atoms with E-state index in [1.165, 1.54) is 6.54 Å². The quantitative estimate of drug-likeness (QED) is 0.783. The lowest BCUT2D eigenvalue weighted by Crippen LogP contribution is -2.26. The van der Waals surface area contributed by atoms with Gasteiger partial charge in [-0.15, -0.1) is 11.3 Å². The lowest BCUT2D eigenvalue weighted by Gasteiger charge is -2.14. The van der Waals surface area contributed by atoms with E-state index in [0.29, 0.717) is 0 Å². The average Bonchev–Trinajstić information content (AvgIpc) is 2.78. The minimum absolute atomic E-state index is 0.786. The largest absolute Gasteiger partial charge is 0.316 e. The zero-order valence-corrected chi connectivity index (χ0v) is 9.31. The summed E-state index contributed by atoms with van der Waals surface area (Å²) in [6, 6.07) is 0. The Labute approximate surface area is 88.9 Å². The second kappa shape index (κ2) is 4.87. The average molecular weight is 211 g/mol. The van der Waals surface area contributed by atoms with Crippen LogP contribution in [-0.2, 0) is 6.54 Å². The molecule has 2 unspecified atom stereocenters. The first kappa shape index (κ1) is 10.1. The third-order valence-electron chi connectivity index (χ3n) is 2.87. The molecule has 1 aromatic rings. The fourth-order valence-electron chi connectivity index (χ4n) is 1.85. The van der Waals surface area contributed by atoms with Crippen LogP contribution in [0.15, 0.2) is 10.9 Å². The van der Waals surface area contributed by atoms with E-state index in [-0.39, 0.29) is 0 Å². The summed E-state index contributed by atoms with van der Waals surface area (Å²) in [5.74, 6) is 1.59. The van der Waals surface area contributed by atoms with Crippen molar-refractivity contribution >= 4 is 11.3 Å². The molecule has 0 radical (unpaired) electrons. The number of hydrogen-bond acceptors (Lipinski definition) is 4. The molecule has 0 spiro atoms. The van der Waals surface area contributed by atoms with Crippen LogP contribution in [0.1, 0.15) is 12.6 Å². The first-order valence-electron chi connectivity index (χ1n) is 5.15. The van der Waals surface area contributed by atoms with E-state index >= 15 is 0 Å². The molecule has 1 saturated heterocycles. The summed E-state index contributed by atoms with van der Waals surface area (Å²) in [6.07, 6.45) is 0. The van der Waals surface area contributed by atoms with Crippen molar-refractivity contribution in [2.24, 2.45) is 11.8 Å². The van der Waals surface area contributed by atoms with Crippen molar-refractivity contribution in [2.45, 2.75) is 13.5 Å². The molecule has 0 aromatic carbocycles. The monoisotopic (exact) mass is 211 g/mol. The highest BCUT2D eigenvalue weighted by molar-refractivity contribution is 7.07. The van der Waals surface area contributed by atoms with Gasteiger partial charge in [0.05, 0.1) is 11.2 Å². The Morgan fingerprint density at radius 2 is 2.57 bits per heavy atom. The van der Waals surface area contributed by atoms with Crippen LogP contribution in [0.4, 0.5) is 0 Å². The topological polar surface area (TPSA) is 37.0 Å². The van der Waals surface area contributed by atoms with Gasteiger partial charge in [0.15, 0.2) is 0 Å². The second-order valence-corrected chi connectivity index (χ2v) is 4.72. The summed E-state index contributed by atoms with van der Waals surface area (Å²) >= 11 is 1.66. The first-order chi connectivity index (χ1) is 6.86. The van der Waals surface area contributed by atoms with Gasteiger partial charge in [0.25, 0.3) is 0 Å². The standard InChI is InChI=1S/C10H17N3S/c1-8-2-11-3-9(8)4-12-5-10-6-14-7-13-10/h6-9,11-12H,2-5H2,1H3. The van der Waals surface area contributed by atoms with E-state index in [9.17, 15) is 0 Å². The minimum Gasteiger partial charge on any atom is -0.316 e. The maximum absolute atomic E-state index is 4.24.